The molecule has 1 aromatic carbocycles. The third-order valence-electron chi connectivity index (χ3n) is 2.74. The summed E-state index contributed by atoms with van der Waals surface area (Å²) < 4.78 is 4.63. The summed E-state index contributed by atoms with van der Waals surface area (Å²) >= 11 is 0. The van der Waals surface area contributed by atoms with Gasteiger partial charge in [0, 0.05) is 6.04 Å². The number of hydrogen-bond donors (Lipinski definition) is 2. The Morgan fingerprint density at radius 2 is 2.11 bits per heavy atom. The first-order valence-corrected chi connectivity index (χ1v) is 5.93. The van der Waals surface area contributed by atoms with E-state index in [1.54, 1.807) is 12.1 Å². The van der Waals surface area contributed by atoms with Crippen molar-refractivity contribution in [3.8, 4) is 0 Å². The normalized spacial score (nSPS) is 15.3. The Hall–Kier alpha value is -2.04. The van der Waals surface area contributed by atoms with Crippen molar-refractivity contribution in [1.82, 2.24) is 5.32 Å². The van der Waals surface area contributed by atoms with Crippen LogP contribution in [0, 0.1) is 0 Å². The second kappa shape index (κ2) is 5.53. The number of carbonyl (C=O) groups is 1. The number of carbonyl (C=O) groups excluding carboxylic acids is 1. The third-order valence-corrected chi connectivity index (χ3v) is 2.74. The van der Waals surface area contributed by atoms with Crippen molar-refractivity contribution < 1.29 is 9.53 Å². The number of rotatable bonds is 4. The molecule has 3 N–H and O–H groups in total. The van der Waals surface area contributed by atoms with E-state index >= 15 is 0 Å². The average Bonchev–Trinajstić information content (AvgIpc) is 3.20. The second-order valence-electron chi connectivity index (χ2n) is 4.31. The van der Waals surface area contributed by atoms with Crippen LogP contribution in [0.5, 0.6) is 0 Å². The largest absolute Gasteiger partial charge is 0.465 e. The topological polar surface area (TPSA) is 76.7 Å². The Kier molecular flexibility index (Phi) is 3.82. The van der Waals surface area contributed by atoms with Crippen LogP contribution in [-0.4, -0.2) is 25.1 Å². The van der Waals surface area contributed by atoms with Gasteiger partial charge < -0.3 is 15.8 Å². The van der Waals surface area contributed by atoms with E-state index in [0.717, 1.165) is 5.56 Å². The smallest absolute Gasteiger partial charge is 0.337 e. The molecule has 0 radical (unpaired) electrons. The molecule has 96 valence electrons. The maximum atomic E-state index is 11.2. The fourth-order valence-electron chi connectivity index (χ4n) is 1.52. The van der Waals surface area contributed by atoms with Gasteiger partial charge in [-0.3, -0.25) is 0 Å². The van der Waals surface area contributed by atoms with Crippen LogP contribution in [0.25, 0.3) is 0 Å². The first-order valence-electron chi connectivity index (χ1n) is 5.93. The molecule has 5 heteroatoms. The van der Waals surface area contributed by atoms with Crippen LogP contribution >= 0.6 is 0 Å². The molecule has 1 aliphatic rings. The highest BCUT2D eigenvalue weighted by molar-refractivity contribution is 5.89. The summed E-state index contributed by atoms with van der Waals surface area (Å²) in [5.74, 6) is 0.148. The molecule has 18 heavy (non-hydrogen) atoms. The molecule has 0 bridgehead atoms. The van der Waals surface area contributed by atoms with Gasteiger partial charge in [-0.05, 0) is 30.5 Å². The van der Waals surface area contributed by atoms with Gasteiger partial charge >= 0.3 is 5.97 Å². The lowest BCUT2D eigenvalue weighted by Gasteiger charge is -2.04. The molecule has 1 aliphatic carbocycles. The number of esters is 1. The monoisotopic (exact) mass is 247 g/mol. The standard InChI is InChI=1S/C13H17N3O2/c1-18-12(17)10-4-2-9(3-5-10)8-15-13(14)16-11-6-7-11/h2-5,11H,6-8H2,1H3,(H3,14,15,16). The quantitative estimate of drug-likeness (QED) is 0.473. The minimum absolute atomic E-state index is 0.333. The lowest BCUT2D eigenvalue weighted by Crippen LogP contribution is -2.33. The van der Waals surface area contributed by atoms with Gasteiger partial charge in [0.05, 0.1) is 19.2 Å². The van der Waals surface area contributed by atoms with E-state index in [1.807, 2.05) is 12.1 Å². The Balaban J connectivity index is 1.91. The zero-order valence-electron chi connectivity index (χ0n) is 10.3. The fourth-order valence-corrected chi connectivity index (χ4v) is 1.52. The molecule has 1 aromatic rings. The number of benzene rings is 1. The Morgan fingerprint density at radius 3 is 2.67 bits per heavy atom. The van der Waals surface area contributed by atoms with E-state index in [0.29, 0.717) is 24.1 Å². The summed E-state index contributed by atoms with van der Waals surface area (Å²) in [4.78, 5) is 15.5. The van der Waals surface area contributed by atoms with Crippen LogP contribution < -0.4 is 11.1 Å². The summed E-state index contributed by atoms with van der Waals surface area (Å²) in [6.45, 7) is 0.507. The van der Waals surface area contributed by atoms with Crippen LogP contribution in [-0.2, 0) is 11.3 Å². The molecule has 0 aromatic heterocycles. The Morgan fingerprint density at radius 1 is 1.44 bits per heavy atom. The molecule has 0 atom stereocenters. The number of guanidine groups is 1. The van der Waals surface area contributed by atoms with Crippen LogP contribution in [0.3, 0.4) is 0 Å². The minimum Gasteiger partial charge on any atom is -0.465 e. The van der Waals surface area contributed by atoms with Crippen LogP contribution in [0.1, 0.15) is 28.8 Å². The number of ether oxygens (including phenoxy) is 1. The molecule has 0 heterocycles. The summed E-state index contributed by atoms with van der Waals surface area (Å²) in [7, 11) is 1.37. The molecule has 0 spiro atoms. The summed E-state index contributed by atoms with van der Waals surface area (Å²) in [5.41, 5.74) is 7.27. The minimum atomic E-state index is -0.333. The zero-order chi connectivity index (χ0) is 13.0. The SMILES string of the molecule is COC(=O)c1ccc(CN=C(N)NC2CC2)cc1. The van der Waals surface area contributed by atoms with E-state index in [9.17, 15) is 4.79 Å². The van der Waals surface area contributed by atoms with Crippen molar-refractivity contribution in [2.45, 2.75) is 25.4 Å². The molecular formula is C13H17N3O2. The summed E-state index contributed by atoms with van der Waals surface area (Å²) in [6, 6.07) is 7.65. The molecule has 0 amide bonds. The van der Waals surface area contributed by atoms with E-state index in [2.05, 4.69) is 15.0 Å². The van der Waals surface area contributed by atoms with Crippen LogP contribution in [0.15, 0.2) is 29.3 Å². The number of nitrogens with one attached hydrogen (secondary N) is 1. The summed E-state index contributed by atoms with van der Waals surface area (Å²) in [6.07, 6.45) is 2.34. The van der Waals surface area contributed by atoms with Gasteiger partial charge in [0.15, 0.2) is 5.96 Å². The molecule has 5 nitrogen and oxygen atoms in total. The number of aliphatic imine (C=N–C) groups is 1. The highest BCUT2D eigenvalue weighted by atomic mass is 16.5. The number of hydrogen-bond acceptors (Lipinski definition) is 3. The molecule has 1 fully saturated rings. The van der Waals surface area contributed by atoms with Gasteiger partial charge in [0.25, 0.3) is 0 Å². The van der Waals surface area contributed by atoms with Gasteiger partial charge in [-0.25, -0.2) is 9.79 Å². The average molecular weight is 247 g/mol. The fraction of sp³-hybridized carbons (Fsp3) is 0.385. The number of nitrogens with two attached hydrogens (primary N) is 1. The first kappa shape index (κ1) is 12.4. The third kappa shape index (κ3) is 3.48. The van der Waals surface area contributed by atoms with Crippen molar-refractivity contribution >= 4 is 11.9 Å². The van der Waals surface area contributed by atoms with Crippen molar-refractivity contribution in [3.05, 3.63) is 35.4 Å². The molecular weight excluding hydrogens is 230 g/mol. The molecule has 2 rings (SSSR count). The predicted molar refractivity (Wildman–Crippen MR) is 69.3 cm³/mol. The first-order chi connectivity index (χ1) is 8.69. The van der Waals surface area contributed by atoms with E-state index < -0.39 is 0 Å². The lowest BCUT2D eigenvalue weighted by atomic mass is 10.1. The van der Waals surface area contributed by atoms with E-state index in [-0.39, 0.29) is 5.97 Å². The highest BCUT2D eigenvalue weighted by Crippen LogP contribution is 2.18. The number of nitrogens with zero attached hydrogens (tertiary/aromatic N) is 1. The second-order valence-corrected chi connectivity index (χ2v) is 4.31. The molecule has 0 saturated heterocycles. The van der Waals surface area contributed by atoms with Crippen molar-refractivity contribution in [3.63, 3.8) is 0 Å². The summed E-state index contributed by atoms with van der Waals surface area (Å²) in [5, 5.41) is 3.12. The molecule has 1 saturated carbocycles. The van der Waals surface area contributed by atoms with Gasteiger partial charge in [0.1, 0.15) is 0 Å². The van der Waals surface area contributed by atoms with E-state index in [1.165, 1.54) is 20.0 Å². The van der Waals surface area contributed by atoms with Gasteiger partial charge in [-0.1, -0.05) is 12.1 Å². The maximum absolute atomic E-state index is 11.2. The van der Waals surface area contributed by atoms with Crippen LogP contribution in [0.2, 0.25) is 0 Å². The van der Waals surface area contributed by atoms with Gasteiger partial charge in [0.2, 0.25) is 0 Å². The predicted octanol–water partition coefficient (Wildman–Crippen LogP) is 1.04. The molecule has 0 unspecified atom stereocenters. The lowest BCUT2D eigenvalue weighted by molar-refractivity contribution is 0.0600. The van der Waals surface area contributed by atoms with Gasteiger partial charge in [-0.15, -0.1) is 0 Å². The van der Waals surface area contributed by atoms with Crippen molar-refractivity contribution in [1.29, 1.82) is 0 Å². The highest BCUT2D eigenvalue weighted by Gasteiger charge is 2.21. The van der Waals surface area contributed by atoms with Gasteiger partial charge in [-0.2, -0.15) is 0 Å². The maximum Gasteiger partial charge on any atom is 0.337 e. The Labute approximate surface area is 106 Å². The number of methoxy groups -OCH3 is 1. The van der Waals surface area contributed by atoms with Crippen LogP contribution in [0.4, 0.5) is 0 Å². The molecule has 0 aliphatic heterocycles. The zero-order valence-corrected chi connectivity index (χ0v) is 10.3. The van der Waals surface area contributed by atoms with E-state index in [4.69, 9.17) is 5.73 Å². The van der Waals surface area contributed by atoms with Crippen molar-refractivity contribution in [2.75, 3.05) is 7.11 Å². The Bertz CT molecular complexity index is 450. The van der Waals surface area contributed by atoms with Crippen molar-refractivity contribution in [2.24, 2.45) is 10.7 Å².